The molecule has 26 heavy (non-hydrogen) atoms. The number of H-pyrrole nitrogens is 1. The monoisotopic (exact) mass is 357 g/mol. The number of nitrogens with zero attached hydrogens (tertiary/aromatic N) is 2. The van der Waals surface area contributed by atoms with Gasteiger partial charge in [0.25, 0.3) is 5.56 Å². The zero-order valence-corrected chi connectivity index (χ0v) is 15.6. The summed E-state index contributed by atoms with van der Waals surface area (Å²) in [6.45, 7) is 7.68. The van der Waals surface area contributed by atoms with Crippen molar-refractivity contribution in [2.24, 2.45) is 0 Å². The highest BCUT2D eigenvalue weighted by Gasteiger charge is 2.14. The molecule has 2 amide bonds. The minimum absolute atomic E-state index is 0.240. The Bertz CT molecular complexity index is 781. The number of benzene rings is 1. The maximum absolute atomic E-state index is 12.1. The third kappa shape index (κ3) is 5.61. The van der Waals surface area contributed by atoms with E-state index < -0.39 is 6.03 Å². The Morgan fingerprint density at radius 3 is 2.54 bits per heavy atom. The van der Waals surface area contributed by atoms with Gasteiger partial charge < -0.3 is 10.2 Å². The van der Waals surface area contributed by atoms with Crippen LogP contribution >= 0.6 is 0 Å². The number of carbonyl (C=O) groups is 1. The van der Waals surface area contributed by atoms with E-state index in [4.69, 9.17) is 0 Å². The number of aromatic nitrogens is 2. The van der Waals surface area contributed by atoms with Crippen LogP contribution in [0, 0.1) is 6.92 Å². The Balaban J connectivity index is 0.00000117. The lowest BCUT2D eigenvalue weighted by atomic mass is 10.1. The fraction of sp³-hybridized carbons (Fsp3) is 0.421. The number of hydrogen-bond donors (Lipinski definition) is 3. The van der Waals surface area contributed by atoms with E-state index in [1.54, 1.807) is 6.07 Å². The molecule has 140 valence electrons. The highest BCUT2D eigenvalue weighted by Crippen LogP contribution is 2.16. The first-order valence-corrected chi connectivity index (χ1v) is 9.11. The number of carbonyl (C=O) groups excluding carboxylic acids is 1. The second-order valence-corrected chi connectivity index (χ2v) is 5.95. The molecule has 0 aliphatic carbocycles. The van der Waals surface area contributed by atoms with Crippen LogP contribution in [0.1, 0.15) is 38.7 Å². The number of aryl methyl sites for hydroxylation is 1. The topological polar surface area (TPSA) is 90.1 Å². The van der Waals surface area contributed by atoms with Gasteiger partial charge in [0.2, 0.25) is 5.95 Å². The number of hydrogen-bond acceptors (Lipinski definition) is 4. The lowest BCUT2D eigenvalue weighted by Crippen LogP contribution is -2.33. The van der Waals surface area contributed by atoms with Crippen LogP contribution in [0.3, 0.4) is 0 Å². The maximum Gasteiger partial charge on any atom is 0.324 e. The Morgan fingerprint density at radius 2 is 1.85 bits per heavy atom. The van der Waals surface area contributed by atoms with Gasteiger partial charge >= 0.3 is 6.03 Å². The lowest BCUT2D eigenvalue weighted by molar-refractivity contribution is 0.262. The van der Waals surface area contributed by atoms with Gasteiger partial charge in [-0.2, -0.15) is 4.98 Å². The summed E-state index contributed by atoms with van der Waals surface area (Å²) in [5, 5.41) is 5.36. The van der Waals surface area contributed by atoms with Crippen LogP contribution < -0.4 is 21.1 Å². The molecule has 1 aromatic heterocycles. The summed E-state index contributed by atoms with van der Waals surface area (Å²) < 4.78 is 0. The largest absolute Gasteiger partial charge is 0.342 e. The molecule has 0 bridgehead atoms. The molecular weight excluding hydrogens is 330 g/mol. The zero-order valence-electron chi connectivity index (χ0n) is 15.6. The molecule has 0 radical (unpaired) electrons. The van der Waals surface area contributed by atoms with Gasteiger partial charge in [-0.25, -0.2) is 4.79 Å². The van der Waals surface area contributed by atoms with Gasteiger partial charge in [0, 0.05) is 24.8 Å². The summed E-state index contributed by atoms with van der Waals surface area (Å²) in [7, 11) is 0. The molecule has 0 atom stereocenters. The van der Waals surface area contributed by atoms with Gasteiger partial charge in [0.1, 0.15) is 5.82 Å². The van der Waals surface area contributed by atoms with Crippen molar-refractivity contribution in [3.8, 4) is 0 Å². The lowest BCUT2D eigenvalue weighted by Gasteiger charge is -2.27. The molecule has 3 rings (SSSR count). The molecule has 1 saturated heterocycles. The molecule has 7 nitrogen and oxygen atoms in total. The second-order valence-electron chi connectivity index (χ2n) is 5.95. The van der Waals surface area contributed by atoms with Gasteiger partial charge in [-0.15, -0.1) is 0 Å². The predicted molar refractivity (Wildman–Crippen MR) is 106 cm³/mol. The van der Waals surface area contributed by atoms with Crippen LogP contribution in [-0.2, 0) is 0 Å². The summed E-state index contributed by atoms with van der Waals surface area (Å²) >= 11 is 0. The predicted octanol–water partition coefficient (Wildman–Crippen LogP) is 3.74. The molecule has 1 fully saturated rings. The van der Waals surface area contributed by atoms with Crippen molar-refractivity contribution < 1.29 is 4.79 Å². The SMILES string of the molecule is CC.Cc1cccc(NC(=O)Nc2cc(=O)[nH]c(N3CCCCC3)n2)c1. The van der Waals surface area contributed by atoms with Gasteiger partial charge in [0.05, 0.1) is 0 Å². The Labute approximate surface area is 153 Å². The smallest absolute Gasteiger partial charge is 0.324 e. The highest BCUT2D eigenvalue weighted by atomic mass is 16.2. The second kappa shape index (κ2) is 9.60. The number of anilines is 3. The quantitative estimate of drug-likeness (QED) is 0.780. The van der Waals surface area contributed by atoms with E-state index in [-0.39, 0.29) is 11.4 Å². The standard InChI is InChI=1S/C17H21N5O2.C2H6/c1-12-6-5-7-13(10-12)18-17(24)20-14-11-15(23)21-16(19-14)22-8-3-2-4-9-22;1-2/h5-7,10-11H,2-4,8-9H2,1H3,(H3,18,19,20,21,23,24);1-2H3. The minimum atomic E-state index is -0.428. The van der Waals surface area contributed by atoms with Crippen molar-refractivity contribution in [2.75, 3.05) is 28.6 Å². The molecule has 2 heterocycles. The molecule has 2 aromatic rings. The maximum atomic E-state index is 12.1. The average molecular weight is 357 g/mol. The summed E-state index contributed by atoms with van der Waals surface area (Å²) in [4.78, 5) is 33.1. The van der Waals surface area contributed by atoms with E-state index in [2.05, 4.69) is 20.6 Å². The Kier molecular flexibility index (Phi) is 7.20. The summed E-state index contributed by atoms with van der Waals surface area (Å²) in [5.41, 5.74) is 1.46. The molecule has 0 saturated carbocycles. The highest BCUT2D eigenvalue weighted by molar-refractivity contribution is 5.99. The summed E-state index contributed by atoms with van der Waals surface area (Å²) in [5.74, 6) is 0.748. The normalized spacial score (nSPS) is 13.4. The number of amides is 2. The van der Waals surface area contributed by atoms with Gasteiger partial charge in [0.15, 0.2) is 0 Å². The number of piperidine rings is 1. The molecular formula is C19H27N5O2. The van der Waals surface area contributed by atoms with Gasteiger partial charge in [-0.1, -0.05) is 26.0 Å². The Morgan fingerprint density at radius 1 is 1.12 bits per heavy atom. The summed E-state index contributed by atoms with van der Waals surface area (Å²) in [6.07, 6.45) is 3.35. The minimum Gasteiger partial charge on any atom is -0.342 e. The first kappa shape index (κ1) is 19.5. The van der Waals surface area contributed by atoms with E-state index in [1.807, 2.05) is 43.9 Å². The van der Waals surface area contributed by atoms with Gasteiger partial charge in [-0.05, 0) is 43.9 Å². The molecule has 1 aromatic carbocycles. The number of rotatable bonds is 3. The van der Waals surface area contributed by atoms with Crippen molar-refractivity contribution in [1.82, 2.24) is 9.97 Å². The molecule has 0 unspecified atom stereocenters. The number of aromatic amines is 1. The first-order valence-electron chi connectivity index (χ1n) is 9.11. The fourth-order valence-corrected chi connectivity index (χ4v) is 2.77. The zero-order chi connectivity index (χ0) is 18.9. The third-order valence-corrected chi connectivity index (χ3v) is 3.90. The van der Waals surface area contributed by atoms with Crippen LogP contribution in [0.5, 0.6) is 0 Å². The molecule has 0 spiro atoms. The number of nitrogens with one attached hydrogen (secondary N) is 3. The van der Waals surface area contributed by atoms with Crippen molar-refractivity contribution >= 4 is 23.5 Å². The van der Waals surface area contributed by atoms with Crippen molar-refractivity contribution in [3.63, 3.8) is 0 Å². The fourth-order valence-electron chi connectivity index (χ4n) is 2.77. The van der Waals surface area contributed by atoms with Crippen molar-refractivity contribution in [1.29, 1.82) is 0 Å². The molecule has 3 N–H and O–H groups in total. The van der Waals surface area contributed by atoms with Crippen LogP contribution in [0.15, 0.2) is 35.1 Å². The molecule has 1 aliphatic heterocycles. The van der Waals surface area contributed by atoms with Crippen LogP contribution in [-0.4, -0.2) is 29.1 Å². The van der Waals surface area contributed by atoms with Crippen molar-refractivity contribution in [3.05, 3.63) is 46.2 Å². The molecule has 7 heteroatoms. The van der Waals surface area contributed by atoms with E-state index in [1.165, 1.54) is 12.5 Å². The first-order chi connectivity index (χ1) is 12.6. The van der Waals surface area contributed by atoms with E-state index >= 15 is 0 Å². The number of urea groups is 1. The van der Waals surface area contributed by atoms with Crippen molar-refractivity contribution in [2.45, 2.75) is 40.0 Å². The van der Waals surface area contributed by atoms with E-state index in [9.17, 15) is 9.59 Å². The third-order valence-electron chi connectivity index (χ3n) is 3.90. The van der Waals surface area contributed by atoms with E-state index in [0.29, 0.717) is 11.6 Å². The van der Waals surface area contributed by atoms with E-state index in [0.717, 1.165) is 31.5 Å². The van der Waals surface area contributed by atoms with Crippen LogP contribution in [0.2, 0.25) is 0 Å². The van der Waals surface area contributed by atoms with Crippen LogP contribution in [0.4, 0.5) is 22.2 Å². The van der Waals surface area contributed by atoms with Gasteiger partial charge in [-0.3, -0.25) is 15.1 Å². The average Bonchev–Trinajstić information content (AvgIpc) is 2.63. The Hall–Kier alpha value is -2.83. The summed E-state index contributed by atoms with van der Waals surface area (Å²) in [6, 6.07) is 8.34. The molecule has 1 aliphatic rings. The van der Waals surface area contributed by atoms with Crippen LogP contribution in [0.25, 0.3) is 0 Å².